The molecule has 0 aromatic heterocycles. The Hall–Kier alpha value is -1.29. The first-order valence-electron chi connectivity index (χ1n) is 5.23. The Morgan fingerprint density at radius 3 is 2.75 bits per heavy atom. The number of nitrogens with zero attached hydrogens (tertiary/aromatic N) is 1. The molecule has 1 aliphatic heterocycles. The second-order valence-electron chi connectivity index (χ2n) is 3.65. The molecule has 0 unspecified atom stereocenters. The highest BCUT2D eigenvalue weighted by Crippen LogP contribution is 2.13. The van der Waals surface area contributed by atoms with Crippen molar-refractivity contribution in [3.63, 3.8) is 0 Å². The molecule has 0 saturated carbocycles. The molecule has 1 aromatic rings. The van der Waals surface area contributed by atoms with E-state index in [1.807, 2.05) is 16.7 Å². The molecule has 84 valence electrons. The average molecular weight is 235 g/mol. The van der Waals surface area contributed by atoms with Crippen molar-refractivity contribution in [3.05, 3.63) is 35.4 Å². The number of benzene rings is 1. The number of carbonyl (C=O) groups excluding carboxylic acids is 2. The molecule has 1 amide bonds. The van der Waals surface area contributed by atoms with Gasteiger partial charge in [0, 0.05) is 35.7 Å². The maximum atomic E-state index is 12.1. The van der Waals surface area contributed by atoms with Crippen molar-refractivity contribution in [2.45, 2.75) is 0 Å². The topological polar surface area (TPSA) is 37.4 Å². The van der Waals surface area contributed by atoms with Crippen LogP contribution >= 0.6 is 11.8 Å². The fourth-order valence-corrected chi connectivity index (χ4v) is 2.60. The molecule has 0 radical (unpaired) electrons. The minimum atomic E-state index is 0.0315. The molecule has 2 rings (SSSR count). The van der Waals surface area contributed by atoms with Gasteiger partial charge in [-0.1, -0.05) is 12.1 Å². The van der Waals surface area contributed by atoms with Crippen LogP contribution in [0.2, 0.25) is 0 Å². The van der Waals surface area contributed by atoms with Crippen molar-refractivity contribution in [1.82, 2.24) is 4.90 Å². The SMILES string of the molecule is O=Cc1cccc(C(=O)N2CCSCC2)c1. The Bertz CT molecular complexity index is 400. The molecule has 0 N–H and O–H groups in total. The Morgan fingerprint density at radius 1 is 1.31 bits per heavy atom. The van der Waals surface area contributed by atoms with Crippen molar-refractivity contribution in [2.24, 2.45) is 0 Å². The Balaban J connectivity index is 2.15. The van der Waals surface area contributed by atoms with E-state index in [0.717, 1.165) is 30.9 Å². The summed E-state index contributed by atoms with van der Waals surface area (Å²) in [6, 6.07) is 6.86. The normalized spacial score (nSPS) is 15.9. The highest BCUT2D eigenvalue weighted by Gasteiger charge is 2.18. The summed E-state index contributed by atoms with van der Waals surface area (Å²) in [6.45, 7) is 1.60. The van der Waals surface area contributed by atoms with Crippen LogP contribution in [0.4, 0.5) is 0 Å². The number of hydrogen-bond acceptors (Lipinski definition) is 3. The Morgan fingerprint density at radius 2 is 2.06 bits per heavy atom. The van der Waals surface area contributed by atoms with Crippen molar-refractivity contribution < 1.29 is 9.59 Å². The molecule has 1 fully saturated rings. The third kappa shape index (κ3) is 2.44. The average Bonchev–Trinajstić information content (AvgIpc) is 2.39. The summed E-state index contributed by atoms with van der Waals surface area (Å²) >= 11 is 1.87. The summed E-state index contributed by atoms with van der Waals surface area (Å²) in [6.07, 6.45) is 0.767. The standard InChI is InChI=1S/C12H13NO2S/c14-9-10-2-1-3-11(8-10)12(15)13-4-6-16-7-5-13/h1-3,8-9H,4-7H2. The van der Waals surface area contributed by atoms with Gasteiger partial charge in [-0.25, -0.2) is 0 Å². The fraction of sp³-hybridized carbons (Fsp3) is 0.333. The van der Waals surface area contributed by atoms with Gasteiger partial charge < -0.3 is 4.90 Å². The van der Waals surface area contributed by atoms with E-state index in [-0.39, 0.29) is 5.91 Å². The molecule has 16 heavy (non-hydrogen) atoms. The monoisotopic (exact) mass is 235 g/mol. The van der Waals surface area contributed by atoms with Gasteiger partial charge in [-0.15, -0.1) is 0 Å². The van der Waals surface area contributed by atoms with E-state index in [2.05, 4.69) is 0 Å². The lowest BCUT2D eigenvalue weighted by Gasteiger charge is -2.26. The lowest BCUT2D eigenvalue weighted by atomic mass is 10.1. The van der Waals surface area contributed by atoms with Crippen LogP contribution in [0.5, 0.6) is 0 Å². The molecule has 4 heteroatoms. The number of aldehydes is 1. The van der Waals surface area contributed by atoms with E-state index in [1.165, 1.54) is 0 Å². The third-order valence-electron chi connectivity index (χ3n) is 2.57. The molecule has 0 aliphatic carbocycles. The molecule has 0 bridgehead atoms. The van der Waals surface area contributed by atoms with Gasteiger partial charge >= 0.3 is 0 Å². The number of carbonyl (C=O) groups is 2. The largest absolute Gasteiger partial charge is 0.337 e. The molecular formula is C12H13NO2S. The quantitative estimate of drug-likeness (QED) is 0.732. The zero-order valence-electron chi connectivity index (χ0n) is 8.89. The van der Waals surface area contributed by atoms with Crippen LogP contribution < -0.4 is 0 Å². The number of hydrogen-bond donors (Lipinski definition) is 0. The number of thioether (sulfide) groups is 1. The smallest absolute Gasteiger partial charge is 0.253 e. The van der Waals surface area contributed by atoms with Gasteiger partial charge in [-0.2, -0.15) is 11.8 Å². The van der Waals surface area contributed by atoms with E-state index in [0.29, 0.717) is 11.1 Å². The Labute approximate surface area is 98.8 Å². The van der Waals surface area contributed by atoms with Crippen molar-refractivity contribution in [3.8, 4) is 0 Å². The maximum Gasteiger partial charge on any atom is 0.253 e. The van der Waals surface area contributed by atoms with E-state index >= 15 is 0 Å². The first kappa shape index (κ1) is 11.2. The van der Waals surface area contributed by atoms with Gasteiger partial charge in [0.25, 0.3) is 5.91 Å². The third-order valence-corrected chi connectivity index (χ3v) is 3.51. The van der Waals surface area contributed by atoms with Gasteiger partial charge in [0.15, 0.2) is 0 Å². The van der Waals surface area contributed by atoms with Gasteiger partial charge in [0.1, 0.15) is 6.29 Å². The number of rotatable bonds is 2. The second kappa shape index (κ2) is 5.16. The van der Waals surface area contributed by atoms with E-state index in [9.17, 15) is 9.59 Å². The highest BCUT2D eigenvalue weighted by molar-refractivity contribution is 7.99. The predicted molar refractivity (Wildman–Crippen MR) is 65.1 cm³/mol. The summed E-state index contributed by atoms with van der Waals surface area (Å²) in [4.78, 5) is 24.5. The first-order valence-corrected chi connectivity index (χ1v) is 6.39. The van der Waals surface area contributed by atoms with Crippen LogP contribution in [0.25, 0.3) is 0 Å². The van der Waals surface area contributed by atoms with Gasteiger partial charge in [-0.3, -0.25) is 9.59 Å². The fourth-order valence-electron chi connectivity index (χ4n) is 1.69. The van der Waals surface area contributed by atoms with Crippen LogP contribution in [0, 0.1) is 0 Å². The van der Waals surface area contributed by atoms with Gasteiger partial charge in [-0.05, 0) is 12.1 Å². The minimum absolute atomic E-state index is 0.0315. The maximum absolute atomic E-state index is 12.1. The first-order chi connectivity index (χ1) is 7.81. The van der Waals surface area contributed by atoms with Crippen LogP contribution in [0.1, 0.15) is 20.7 Å². The highest BCUT2D eigenvalue weighted by atomic mass is 32.2. The van der Waals surface area contributed by atoms with Crippen LogP contribution in [-0.2, 0) is 0 Å². The lowest BCUT2D eigenvalue weighted by molar-refractivity contribution is 0.0772. The van der Waals surface area contributed by atoms with E-state index in [4.69, 9.17) is 0 Å². The molecule has 1 saturated heterocycles. The predicted octanol–water partition coefficient (Wildman–Crippen LogP) is 1.69. The minimum Gasteiger partial charge on any atom is -0.337 e. The van der Waals surface area contributed by atoms with Crippen LogP contribution in [0.15, 0.2) is 24.3 Å². The van der Waals surface area contributed by atoms with Crippen LogP contribution in [-0.4, -0.2) is 41.7 Å². The van der Waals surface area contributed by atoms with Crippen LogP contribution in [0.3, 0.4) is 0 Å². The molecule has 1 aromatic carbocycles. The van der Waals surface area contributed by atoms with Crippen molar-refractivity contribution in [2.75, 3.05) is 24.6 Å². The summed E-state index contributed by atoms with van der Waals surface area (Å²) in [5, 5.41) is 0. The molecule has 1 heterocycles. The lowest BCUT2D eigenvalue weighted by Crippen LogP contribution is -2.37. The second-order valence-corrected chi connectivity index (χ2v) is 4.87. The van der Waals surface area contributed by atoms with E-state index in [1.54, 1.807) is 24.3 Å². The molecule has 0 spiro atoms. The summed E-state index contributed by atoms with van der Waals surface area (Å²) in [7, 11) is 0. The summed E-state index contributed by atoms with van der Waals surface area (Å²) in [5.41, 5.74) is 1.16. The Kier molecular flexibility index (Phi) is 3.62. The molecule has 3 nitrogen and oxygen atoms in total. The van der Waals surface area contributed by atoms with Gasteiger partial charge in [0.2, 0.25) is 0 Å². The summed E-state index contributed by atoms with van der Waals surface area (Å²) in [5.74, 6) is 2.03. The van der Waals surface area contributed by atoms with Gasteiger partial charge in [0.05, 0.1) is 0 Å². The van der Waals surface area contributed by atoms with Crippen molar-refractivity contribution >= 4 is 24.0 Å². The molecule has 0 atom stereocenters. The number of amides is 1. The zero-order chi connectivity index (χ0) is 11.4. The zero-order valence-corrected chi connectivity index (χ0v) is 9.70. The van der Waals surface area contributed by atoms with E-state index < -0.39 is 0 Å². The molecule has 1 aliphatic rings. The summed E-state index contributed by atoms with van der Waals surface area (Å²) < 4.78 is 0. The van der Waals surface area contributed by atoms with Crippen molar-refractivity contribution in [1.29, 1.82) is 0 Å². The molecular weight excluding hydrogens is 222 g/mol.